The Morgan fingerprint density at radius 1 is 1.32 bits per heavy atom. The molecule has 0 unspecified atom stereocenters. The number of aromatic carboxylic acids is 1. The van der Waals surface area contributed by atoms with E-state index in [-0.39, 0.29) is 5.69 Å². The smallest absolute Gasteiger partial charge is 0.354 e. The van der Waals surface area contributed by atoms with Gasteiger partial charge in [0.15, 0.2) is 0 Å². The molecule has 0 saturated carbocycles. The van der Waals surface area contributed by atoms with Crippen molar-refractivity contribution in [3.05, 3.63) is 59.2 Å². The third kappa shape index (κ3) is 2.96. The van der Waals surface area contributed by atoms with Crippen molar-refractivity contribution in [3.8, 4) is 17.1 Å². The number of hydrogen-bond acceptors (Lipinski definition) is 5. The predicted octanol–water partition coefficient (Wildman–Crippen LogP) is 2.10. The van der Waals surface area contributed by atoms with Crippen molar-refractivity contribution in [2.75, 3.05) is 6.61 Å². The van der Waals surface area contributed by atoms with Gasteiger partial charge in [0.1, 0.15) is 17.1 Å². The van der Waals surface area contributed by atoms with Crippen molar-refractivity contribution >= 4 is 5.97 Å². The summed E-state index contributed by atoms with van der Waals surface area (Å²) in [6.07, 6.45) is 4.84. The summed E-state index contributed by atoms with van der Waals surface area (Å²) in [7, 11) is 1.86. The molecule has 1 aliphatic heterocycles. The quantitative estimate of drug-likeness (QED) is 0.785. The Morgan fingerprint density at radius 2 is 2.20 bits per heavy atom. The zero-order valence-electron chi connectivity index (χ0n) is 13.6. The molecule has 0 aliphatic carbocycles. The van der Waals surface area contributed by atoms with Gasteiger partial charge < -0.3 is 9.84 Å². The Labute approximate surface area is 143 Å². The topological polar surface area (TPSA) is 90.1 Å². The van der Waals surface area contributed by atoms with Gasteiger partial charge in [-0.3, -0.25) is 9.67 Å². The Hall–Kier alpha value is -3.22. The van der Waals surface area contributed by atoms with E-state index in [1.807, 2.05) is 31.4 Å². The molecule has 0 spiro atoms. The number of carboxylic acid groups (broad SMARTS) is 1. The van der Waals surface area contributed by atoms with E-state index in [9.17, 15) is 9.90 Å². The minimum Gasteiger partial charge on any atom is -0.491 e. The Bertz CT molecular complexity index is 947. The molecule has 1 N–H and O–H groups in total. The van der Waals surface area contributed by atoms with Gasteiger partial charge in [0.2, 0.25) is 0 Å². The summed E-state index contributed by atoms with van der Waals surface area (Å²) in [6.45, 7) is 0.537. The van der Waals surface area contributed by atoms with E-state index in [1.165, 1.54) is 0 Å². The number of hydrogen-bond donors (Lipinski definition) is 1. The number of aromatic nitrogens is 4. The van der Waals surface area contributed by atoms with Gasteiger partial charge in [-0.1, -0.05) is 6.07 Å². The molecule has 4 heterocycles. The molecular formula is C18H16N4O3. The summed E-state index contributed by atoms with van der Waals surface area (Å²) in [5.74, 6) is -0.321. The maximum absolute atomic E-state index is 11.3. The third-order valence-corrected chi connectivity index (χ3v) is 4.12. The lowest BCUT2D eigenvalue weighted by molar-refractivity contribution is 0.0690. The Morgan fingerprint density at radius 3 is 2.88 bits per heavy atom. The fourth-order valence-electron chi connectivity index (χ4n) is 2.93. The van der Waals surface area contributed by atoms with Crippen LogP contribution in [0.1, 0.15) is 27.3 Å². The van der Waals surface area contributed by atoms with Crippen LogP contribution in [0.25, 0.3) is 11.4 Å². The van der Waals surface area contributed by atoms with E-state index in [1.54, 1.807) is 16.9 Å². The molecule has 0 radical (unpaired) electrons. The second kappa shape index (κ2) is 6.01. The highest BCUT2D eigenvalue weighted by Crippen LogP contribution is 2.30. The van der Waals surface area contributed by atoms with Gasteiger partial charge >= 0.3 is 5.97 Å². The lowest BCUT2D eigenvalue weighted by Crippen LogP contribution is -2.05. The first-order chi connectivity index (χ1) is 12.1. The second-order valence-electron chi connectivity index (χ2n) is 5.95. The molecule has 0 atom stereocenters. The average Bonchev–Trinajstić information content (AvgIpc) is 3.24. The van der Waals surface area contributed by atoms with Crippen LogP contribution in [0.5, 0.6) is 5.75 Å². The monoisotopic (exact) mass is 336 g/mol. The largest absolute Gasteiger partial charge is 0.491 e. The van der Waals surface area contributed by atoms with Gasteiger partial charge in [0, 0.05) is 37.8 Å². The van der Waals surface area contributed by atoms with Gasteiger partial charge in [-0.25, -0.2) is 9.78 Å². The summed E-state index contributed by atoms with van der Waals surface area (Å²) in [5.41, 5.74) is 4.18. The van der Waals surface area contributed by atoms with Gasteiger partial charge in [0.05, 0.1) is 18.0 Å². The highest BCUT2D eigenvalue weighted by Gasteiger charge is 2.21. The van der Waals surface area contributed by atoms with Crippen LogP contribution in [-0.4, -0.2) is 37.4 Å². The normalized spacial score (nSPS) is 12.7. The number of ether oxygens (including phenoxy) is 1. The van der Waals surface area contributed by atoms with E-state index >= 15 is 0 Å². The first-order valence-corrected chi connectivity index (χ1v) is 7.94. The first kappa shape index (κ1) is 15.3. The first-order valence-electron chi connectivity index (χ1n) is 7.94. The molecule has 0 saturated heterocycles. The number of pyridine rings is 2. The van der Waals surface area contributed by atoms with Crippen LogP contribution >= 0.6 is 0 Å². The van der Waals surface area contributed by atoms with Crippen molar-refractivity contribution < 1.29 is 14.6 Å². The zero-order valence-corrected chi connectivity index (χ0v) is 13.6. The van der Waals surface area contributed by atoms with Crippen molar-refractivity contribution in [3.63, 3.8) is 0 Å². The number of aryl methyl sites for hydroxylation is 1. The van der Waals surface area contributed by atoms with Crippen LogP contribution in [-0.2, 0) is 19.9 Å². The molecule has 0 bridgehead atoms. The van der Waals surface area contributed by atoms with E-state index in [2.05, 4.69) is 15.1 Å². The zero-order chi connectivity index (χ0) is 17.4. The minimum absolute atomic E-state index is 0.0531. The minimum atomic E-state index is -1.03. The molecule has 126 valence electrons. The van der Waals surface area contributed by atoms with Crippen molar-refractivity contribution in [2.45, 2.75) is 12.8 Å². The molecule has 7 heteroatoms. The molecule has 7 nitrogen and oxygen atoms in total. The molecule has 25 heavy (non-hydrogen) atoms. The fraction of sp³-hybridized carbons (Fsp3) is 0.222. The maximum atomic E-state index is 11.3. The molecule has 0 fully saturated rings. The van der Waals surface area contributed by atoms with E-state index < -0.39 is 5.97 Å². The summed E-state index contributed by atoms with van der Waals surface area (Å²) in [6, 6.07) is 7.38. The summed E-state index contributed by atoms with van der Waals surface area (Å²) in [4.78, 5) is 19.9. The molecule has 0 aromatic carbocycles. The number of rotatable bonds is 4. The highest BCUT2D eigenvalue weighted by molar-refractivity contribution is 5.86. The van der Waals surface area contributed by atoms with E-state index in [4.69, 9.17) is 4.74 Å². The molecule has 3 aromatic heterocycles. The molecule has 4 rings (SSSR count). The van der Waals surface area contributed by atoms with Crippen LogP contribution in [0.15, 0.2) is 36.7 Å². The standard InChI is InChI=1S/C18H16N4O3/c1-22-6-4-14(21-22)13-3-2-11(10-19-13)8-12-9-16(18(23)24)20-15-5-7-25-17(12)15/h2-4,6,9-10H,5,7-8H2,1H3,(H,23,24). The number of carbonyl (C=O) groups is 1. The molecule has 1 aliphatic rings. The average molecular weight is 336 g/mol. The van der Waals surface area contributed by atoms with Crippen LogP contribution < -0.4 is 4.74 Å². The summed E-state index contributed by atoms with van der Waals surface area (Å²) in [5, 5.41) is 13.6. The maximum Gasteiger partial charge on any atom is 0.354 e. The number of fused-ring (bicyclic) bond motifs is 1. The van der Waals surface area contributed by atoms with Gasteiger partial charge in [0.25, 0.3) is 0 Å². The van der Waals surface area contributed by atoms with Crippen LogP contribution in [0.3, 0.4) is 0 Å². The summed E-state index contributed by atoms with van der Waals surface area (Å²) >= 11 is 0. The Balaban J connectivity index is 1.63. The lowest BCUT2D eigenvalue weighted by Gasteiger charge is -2.09. The third-order valence-electron chi connectivity index (χ3n) is 4.12. The predicted molar refractivity (Wildman–Crippen MR) is 89.6 cm³/mol. The number of nitrogens with zero attached hydrogens (tertiary/aromatic N) is 4. The molecular weight excluding hydrogens is 320 g/mol. The highest BCUT2D eigenvalue weighted by atomic mass is 16.5. The lowest BCUT2D eigenvalue weighted by atomic mass is 10.0. The summed E-state index contributed by atoms with van der Waals surface area (Å²) < 4.78 is 7.38. The SMILES string of the molecule is Cn1ccc(-c2ccc(Cc3cc(C(=O)O)nc4c3OCC4)cn2)n1. The number of carboxylic acids is 1. The fourth-order valence-corrected chi connectivity index (χ4v) is 2.93. The second-order valence-corrected chi connectivity index (χ2v) is 5.95. The molecule has 0 amide bonds. The van der Waals surface area contributed by atoms with Crippen molar-refractivity contribution in [1.82, 2.24) is 19.7 Å². The van der Waals surface area contributed by atoms with Crippen LogP contribution in [0, 0.1) is 0 Å². The van der Waals surface area contributed by atoms with Crippen LogP contribution in [0.2, 0.25) is 0 Å². The van der Waals surface area contributed by atoms with Gasteiger partial charge in [-0.05, 0) is 23.8 Å². The van der Waals surface area contributed by atoms with Gasteiger partial charge in [-0.2, -0.15) is 5.10 Å². The van der Waals surface area contributed by atoms with Crippen molar-refractivity contribution in [2.24, 2.45) is 7.05 Å². The van der Waals surface area contributed by atoms with Gasteiger partial charge in [-0.15, -0.1) is 0 Å². The van der Waals surface area contributed by atoms with E-state index in [0.29, 0.717) is 30.9 Å². The molecule has 3 aromatic rings. The van der Waals surface area contributed by atoms with Crippen LogP contribution in [0.4, 0.5) is 0 Å². The van der Waals surface area contributed by atoms with Crippen molar-refractivity contribution in [1.29, 1.82) is 0 Å². The Kier molecular flexibility index (Phi) is 3.68. The van der Waals surface area contributed by atoms with E-state index in [0.717, 1.165) is 22.5 Å².